The second-order valence-corrected chi connectivity index (χ2v) is 7.64. The highest BCUT2D eigenvalue weighted by atomic mass is 127. The van der Waals surface area contributed by atoms with E-state index in [0.29, 0.717) is 6.04 Å². The zero-order chi connectivity index (χ0) is 18.4. The van der Waals surface area contributed by atoms with E-state index in [1.54, 1.807) is 11.3 Å². The molecule has 2 aromatic heterocycles. The Morgan fingerprint density at radius 1 is 1.33 bits per heavy atom. The van der Waals surface area contributed by atoms with Gasteiger partial charge in [0.25, 0.3) is 0 Å². The van der Waals surface area contributed by atoms with Crippen LogP contribution in [0.3, 0.4) is 0 Å². The van der Waals surface area contributed by atoms with Crippen molar-refractivity contribution in [3.63, 3.8) is 0 Å². The Kier molecular flexibility index (Phi) is 8.94. The van der Waals surface area contributed by atoms with Gasteiger partial charge in [0.15, 0.2) is 11.8 Å². The zero-order valence-corrected chi connectivity index (χ0v) is 19.5. The first-order chi connectivity index (χ1) is 12.7. The maximum absolute atomic E-state index is 4.73. The molecule has 1 aliphatic rings. The average molecular weight is 503 g/mol. The maximum atomic E-state index is 4.73. The van der Waals surface area contributed by atoms with Gasteiger partial charge in [0.05, 0.1) is 11.6 Å². The average Bonchev–Trinajstić information content (AvgIpc) is 3.27. The van der Waals surface area contributed by atoms with E-state index in [2.05, 4.69) is 46.5 Å². The van der Waals surface area contributed by atoms with Crippen LogP contribution in [-0.2, 0) is 32.2 Å². The van der Waals surface area contributed by atoms with Crippen LogP contribution in [0.5, 0.6) is 0 Å². The molecule has 150 valence electrons. The molecule has 0 aliphatic carbocycles. The normalized spacial score (nSPS) is 16.6. The van der Waals surface area contributed by atoms with Crippen LogP contribution in [-0.4, -0.2) is 44.8 Å². The molecule has 0 saturated heterocycles. The molecule has 0 saturated carbocycles. The number of thiazole rings is 1. The number of nitrogens with zero attached hydrogens (tertiary/aromatic N) is 5. The van der Waals surface area contributed by atoms with Crippen molar-refractivity contribution in [1.82, 2.24) is 30.4 Å². The van der Waals surface area contributed by atoms with E-state index < -0.39 is 0 Å². The third-order valence-corrected chi connectivity index (χ3v) is 5.65. The van der Waals surface area contributed by atoms with E-state index in [0.717, 1.165) is 69.3 Å². The minimum absolute atomic E-state index is 0. The summed E-state index contributed by atoms with van der Waals surface area (Å²) in [6, 6.07) is 0.332. The standard InChI is InChI=1S/C18H29N7S.HI/c1-4-14-11-21-17(26-14)9-10-20-18(19-6-3)22-13-7-8-16-23-15(5-2)24-25(16)12-13;/h11,13H,4-10,12H2,1-3H3,(H2,19,20,22);1H. The molecule has 1 unspecified atom stereocenters. The van der Waals surface area contributed by atoms with E-state index in [-0.39, 0.29) is 24.0 Å². The summed E-state index contributed by atoms with van der Waals surface area (Å²) in [5.41, 5.74) is 0. The highest BCUT2D eigenvalue weighted by molar-refractivity contribution is 14.0. The van der Waals surface area contributed by atoms with Crippen molar-refractivity contribution in [3.8, 4) is 0 Å². The fraction of sp³-hybridized carbons (Fsp3) is 0.667. The summed E-state index contributed by atoms with van der Waals surface area (Å²) in [6.45, 7) is 8.79. The van der Waals surface area contributed by atoms with Crippen LogP contribution in [0.25, 0.3) is 0 Å². The SMILES string of the molecule is CCNC(=NCCc1ncc(CC)s1)NC1CCc2nc(CC)nn2C1.I. The highest BCUT2D eigenvalue weighted by Gasteiger charge is 2.22. The number of hydrogen-bond acceptors (Lipinski definition) is 5. The van der Waals surface area contributed by atoms with Gasteiger partial charge in [-0.2, -0.15) is 5.10 Å². The van der Waals surface area contributed by atoms with Crippen LogP contribution < -0.4 is 10.6 Å². The number of fused-ring (bicyclic) bond motifs is 1. The lowest BCUT2D eigenvalue weighted by atomic mass is 10.1. The summed E-state index contributed by atoms with van der Waals surface area (Å²) in [7, 11) is 0. The van der Waals surface area contributed by atoms with Gasteiger partial charge in [-0.05, 0) is 19.8 Å². The Morgan fingerprint density at radius 2 is 2.19 bits per heavy atom. The molecule has 27 heavy (non-hydrogen) atoms. The van der Waals surface area contributed by atoms with Crippen LogP contribution in [0.15, 0.2) is 11.2 Å². The van der Waals surface area contributed by atoms with Crippen LogP contribution in [0.1, 0.15) is 48.7 Å². The predicted molar refractivity (Wildman–Crippen MR) is 121 cm³/mol. The molecule has 2 N–H and O–H groups in total. The van der Waals surface area contributed by atoms with Gasteiger partial charge in [-0.15, -0.1) is 35.3 Å². The summed E-state index contributed by atoms with van der Waals surface area (Å²) in [4.78, 5) is 15.1. The first-order valence-electron chi connectivity index (χ1n) is 9.62. The number of rotatable bonds is 7. The molecule has 0 spiro atoms. The lowest BCUT2D eigenvalue weighted by Gasteiger charge is -2.25. The van der Waals surface area contributed by atoms with Crippen molar-refractivity contribution < 1.29 is 0 Å². The van der Waals surface area contributed by atoms with Gasteiger partial charge in [0, 0.05) is 49.5 Å². The lowest BCUT2D eigenvalue weighted by molar-refractivity contribution is 0.392. The number of nitrogens with one attached hydrogen (secondary N) is 2. The quantitative estimate of drug-likeness (QED) is 0.345. The number of hydrogen-bond donors (Lipinski definition) is 2. The number of aliphatic imine (C=N–C) groups is 1. The molecule has 2 aromatic rings. The van der Waals surface area contributed by atoms with E-state index in [1.165, 1.54) is 9.88 Å². The molecule has 1 atom stereocenters. The second-order valence-electron chi connectivity index (χ2n) is 6.44. The summed E-state index contributed by atoms with van der Waals surface area (Å²) < 4.78 is 2.05. The Balaban J connectivity index is 0.00000261. The Morgan fingerprint density at radius 3 is 2.89 bits per heavy atom. The number of aromatic nitrogens is 4. The van der Waals surface area contributed by atoms with Crippen molar-refractivity contribution in [2.75, 3.05) is 13.1 Å². The summed E-state index contributed by atoms with van der Waals surface area (Å²) >= 11 is 1.79. The van der Waals surface area contributed by atoms with Gasteiger partial charge in [0.1, 0.15) is 5.82 Å². The fourth-order valence-electron chi connectivity index (χ4n) is 3.03. The smallest absolute Gasteiger partial charge is 0.191 e. The summed E-state index contributed by atoms with van der Waals surface area (Å²) in [5, 5.41) is 12.7. The highest BCUT2D eigenvalue weighted by Crippen LogP contribution is 2.14. The van der Waals surface area contributed by atoms with Crippen LogP contribution >= 0.6 is 35.3 Å². The molecule has 0 radical (unpaired) electrons. The minimum Gasteiger partial charge on any atom is -0.357 e. The van der Waals surface area contributed by atoms with Crippen molar-refractivity contribution in [1.29, 1.82) is 0 Å². The third kappa shape index (κ3) is 6.13. The van der Waals surface area contributed by atoms with Gasteiger partial charge < -0.3 is 10.6 Å². The molecule has 3 rings (SSSR count). The predicted octanol–water partition coefficient (Wildman–Crippen LogP) is 2.59. The Labute approximate surface area is 182 Å². The monoisotopic (exact) mass is 503 g/mol. The van der Waals surface area contributed by atoms with Gasteiger partial charge >= 0.3 is 0 Å². The first-order valence-corrected chi connectivity index (χ1v) is 10.4. The first kappa shape index (κ1) is 22.1. The zero-order valence-electron chi connectivity index (χ0n) is 16.4. The molecule has 7 nitrogen and oxygen atoms in total. The molecule has 3 heterocycles. The number of guanidine groups is 1. The van der Waals surface area contributed by atoms with E-state index in [9.17, 15) is 0 Å². The molecular formula is C18H30IN7S. The lowest BCUT2D eigenvalue weighted by Crippen LogP contribution is -2.47. The van der Waals surface area contributed by atoms with E-state index >= 15 is 0 Å². The maximum Gasteiger partial charge on any atom is 0.191 e. The Hall–Kier alpha value is -1.23. The van der Waals surface area contributed by atoms with Gasteiger partial charge in [0.2, 0.25) is 0 Å². The molecule has 0 amide bonds. The van der Waals surface area contributed by atoms with Gasteiger partial charge in [-0.25, -0.2) is 14.6 Å². The number of aryl methyl sites for hydroxylation is 3. The Bertz CT molecular complexity index is 740. The van der Waals surface area contributed by atoms with Gasteiger partial charge in [-0.3, -0.25) is 4.99 Å². The molecule has 0 aromatic carbocycles. The van der Waals surface area contributed by atoms with Crippen LogP contribution in [0.2, 0.25) is 0 Å². The molecule has 0 fully saturated rings. The van der Waals surface area contributed by atoms with Gasteiger partial charge in [-0.1, -0.05) is 13.8 Å². The van der Waals surface area contributed by atoms with E-state index in [4.69, 9.17) is 4.99 Å². The van der Waals surface area contributed by atoms with Crippen molar-refractivity contribution in [3.05, 3.63) is 27.7 Å². The number of halogens is 1. The molecule has 0 bridgehead atoms. The summed E-state index contributed by atoms with van der Waals surface area (Å²) in [5.74, 6) is 2.93. The molecule has 9 heteroatoms. The van der Waals surface area contributed by atoms with Crippen molar-refractivity contribution in [2.45, 2.75) is 65.5 Å². The topological polar surface area (TPSA) is 80.0 Å². The molecule has 1 aliphatic heterocycles. The van der Waals surface area contributed by atoms with E-state index in [1.807, 2.05) is 10.9 Å². The largest absolute Gasteiger partial charge is 0.357 e. The summed E-state index contributed by atoms with van der Waals surface area (Å²) in [6.07, 6.45) is 6.82. The minimum atomic E-state index is 0. The van der Waals surface area contributed by atoms with Crippen LogP contribution in [0, 0.1) is 0 Å². The van der Waals surface area contributed by atoms with Crippen LogP contribution in [0.4, 0.5) is 0 Å². The van der Waals surface area contributed by atoms with Crippen molar-refractivity contribution in [2.24, 2.45) is 4.99 Å². The van der Waals surface area contributed by atoms with Crippen molar-refractivity contribution >= 4 is 41.3 Å². The third-order valence-electron chi connectivity index (χ3n) is 4.45. The second kappa shape index (κ2) is 10.9. The fourth-order valence-corrected chi connectivity index (χ4v) is 3.88. The molecular weight excluding hydrogens is 473 g/mol.